The smallest absolute Gasteiger partial charge is 0.130 e. The van der Waals surface area contributed by atoms with Crippen LogP contribution in [0.5, 0.6) is 0 Å². The van der Waals surface area contributed by atoms with Gasteiger partial charge in [-0.05, 0) is 30.7 Å². The zero-order chi connectivity index (χ0) is 14.8. The van der Waals surface area contributed by atoms with Gasteiger partial charge in [-0.15, -0.1) is 0 Å². The molecule has 2 heteroatoms. The fraction of sp³-hybridized carbons (Fsp3) is 0.444. The van der Waals surface area contributed by atoms with E-state index in [4.69, 9.17) is 0 Å². The van der Waals surface area contributed by atoms with Crippen molar-refractivity contribution >= 4 is 18.6 Å². The number of carbonyl (C=O) groups excluding carboxylic acids is 2. The summed E-state index contributed by atoms with van der Waals surface area (Å²) >= 11 is 0. The molecule has 1 fully saturated rings. The highest BCUT2D eigenvalue weighted by atomic mass is 16.1. The summed E-state index contributed by atoms with van der Waals surface area (Å²) in [6, 6.07) is 10.0. The molecular weight excluding hydrogens is 248 g/mol. The number of rotatable bonds is 4. The molecule has 0 N–H and O–H groups in total. The molecular formula is C18H22O2. The van der Waals surface area contributed by atoms with Crippen LogP contribution in [0.2, 0.25) is 0 Å². The van der Waals surface area contributed by atoms with Gasteiger partial charge in [0.1, 0.15) is 12.6 Å². The van der Waals surface area contributed by atoms with Crippen molar-refractivity contribution in [2.45, 2.75) is 33.6 Å². The molecule has 0 radical (unpaired) electrons. The highest BCUT2D eigenvalue weighted by Gasteiger charge is 2.55. The van der Waals surface area contributed by atoms with E-state index in [0.717, 1.165) is 36.6 Å². The van der Waals surface area contributed by atoms with Crippen molar-refractivity contribution < 1.29 is 9.59 Å². The lowest BCUT2D eigenvalue weighted by Gasteiger charge is -2.40. The molecule has 1 aromatic carbocycles. The first-order valence-electron chi connectivity index (χ1n) is 7.13. The monoisotopic (exact) mass is 270 g/mol. The van der Waals surface area contributed by atoms with Gasteiger partial charge in [-0.2, -0.15) is 0 Å². The lowest BCUT2D eigenvalue weighted by atomic mass is 9.62. The first kappa shape index (κ1) is 14.7. The first-order chi connectivity index (χ1) is 9.48. The van der Waals surface area contributed by atoms with Crippen molar-refractivity contribution in [2.24, 2.45) is 16.7 Å². The summed E-state index contributed by atoms with van der Waals surface area (Å²) in [5.41, 5.74) is 1.28. The van der Waals surface area contributed by atoms with Gasteiger partial charge in [0.15, 0.2) is 0 Å². The predicted molar refractivity (Wildman–Crippen MR) is 81.2 cm³/mol. The molecule has 1 aliphatic rings. The van der Waals surface area contributed by atoms with Crippen molar-refractivity contribution in [2.75, 3.05) is 0 Å². The Morgan fingerprint density at radius 3 is 2.35 bits per heavy atom. The SMILES string of the molecule is CC(=Cc1ccccc1)C1(C=O)CCC(C=O)C1(C)C. The molecule has 1 aliphatic carbocycles. The van der Waals surface area contributed by atoms with Gasteiger partial charge >= 0.3 is 0 Å². The highest BCUT2D eigenvalue weighted by molar-refractivity contribution is 5.74. The van der Waals surface area contributed by atoms with E-state index < -0.39 is 5.41 Å². The van der Waals surface area contributed by atoms with Gasteiger partial charge < -0.3 is 9.59 Å². The zero-order valence-electron chi connectivity index (χ0n) is 12.4. The van der Waals surface area contributed by atoms with Crippen LogP contribution < -0.4 is 0 Å². The van der Waals surface area contributed by atoms with E-state index >= 15 is 0 Å². The Labute approximate surface area is 120 Å². The van der Waals surface area contributed by atoms with E-state index in [1.807, 2.05) is 51.1 Å². The zero-order valence-corrected chi connectivity index (χ0v) is 12.4. The van der Waals surface area contributed by atoms with E-state index in [1.54, 1.807) is 0 Å². The normalized spacial score (nSPS) is 29.1. The first-order valence-corrected chi connectivity index (χ1v) is 7.13. The summed E-state index contributed by atoms with van der Waals surface area (Å²) in [6.07, 6.45) is 5.69. The summed E-state index contributed by atoms with van der Waals surface area (Å²) in [4.78, 5) is 23.2. The Morgan fingerprint density at radius 2 is 1.85 bits per heavy atom. The van der Waals surface area contributed by atoms with Crippen LogP contribution >= 0.6 is 0 Å². The minimum Gasteiger partial charge on any atom is -0.303 e. The van der Waals surface area contributed by atoms with Crippen LogP contribution in [-0.2, 0) is 9.59 Å². The van der Waals surface area contributed by atoms with Gasteiger partial charge in [-0.1, -0.05) is 55.8 Å². The Kier molecular flexibility index (Phi) is 3.94. The average Bonchev–Trinajstić information content (AvgIpc) is 2.71. The Hall–Kier alpha value is -1.70. The van der Waals surface area contributed by atoms with E-state index in [1.165, 1.54) is 0 Å². The molecule has 20 heavy (non-hydrogen) atoms. The average molecular weight is 270 g/mol. The van der Waals surface area contributed by atoms with Crippen LogP contribution in [0.3, 0.4) is 0 Å². The molecule has 1 aromatic rings. The molecule has 0 spiro atoms. The minimum absolute atomic E-state index is 0.0492. The van der Waals surface area contributed by atoms with Crippen LogP contribution in [-0.4, -0.2) is 12.6 Å². The van der Waals surface area contributed by atoms with Gasteiger partial charge in [-0.3, -0.25) is 0 Å². The summed E-state index contributed by atoms with van der Waals surface area (Å²) in [5.74, 6) is -0.0492. The van der Waals surface area contributed by atoms with Gasteiger partial charge in [0.25, 0.3) is 0 Å². The number of aldehydes is 2. The van der Waals surface area contributed by atoms with E-state index in [-0.39, 0.29) is 11.3 Å². The molecule has 0 heterocycles. The fourth-order valence-electron chi connectivity index (χ4n) is 3.57. The van der Waals surface area contributed by atoms with Gasteiger partial charge in [-0.25, -0.2) is 0 Å². The third-order valence-corrected chi connectivity index (χ3v) is 5.18. The second-order valence-electron chi connectivity index (χ2n) is 6.33. The summed E-state index contributed by atoms with van der Waals surface area (Å²) < 4.78 is 0. The lowest BCUT2D eigenvalue weighted by molar-refractivity contribution is -0.121. The largest absolute Gasteiger partial charge is 0.303 e. The van der Waals surface area contributed by atoms with Crippen molar-refractivity contribution in [3.63, 3.8) is 0 Å². The summed E-state index contributed by atoms with van der Waals surface area (Å²) in [5, 5.41) is 0. The van der Waals surface area contributed by atoms with Crippen LogP contribution in [0.4, 0.5) is 0 Å². The Bertz CT molecular complexity index is 528. The third-order valence-electron chi connectivity index (χ3n) is 5.18. The Balaban J connectivity index is 2.45. The molecule has 0 bridgehead atoms. The maximum atomic E-state index is 11.9. The number of carbonyl (C=O) groups is 2. The minimum atomic E-state index is -0.533. The van der Waals surface area contributed by atoms with Crippen LogP contribution in [0.15, 0.2) is 35.9 Å². The molecule has 2 atom stereocenters. The quantitative estimate of drug-likeness (QED) is 0.777. The van der Waals surface area contributed by atoms with E-state index in [9.17, 15) is 9.59 Å². The second-order valence-corrected chi connectivity index (χ2v) is 6.33. The number of allylic oxidation sites excluding steroid dienone is 1. The van der Waals surface area contributed by atoms with Crippen LogP contribution in [0.25, 0.3) is 6.08 Å². The molecule has 2 unspecified atom stereocenters. The molecule has 0 amide bonds. The van der Waals surface area contributed by atoms with E-state index in [0.29, 0.717) is 0 Å². The fourth-order valence-corrected chi connectivity index (χ4v) is 3.57. The van der Waals surface area contributed by atoms with Crippen LogP contribution in [0, 0.1) is 16.7 Å². The summed E-state index contributed by atoms with van der Waals surface area (Å²) in [6.45, 7) is 6.09. The number of hydrogen-bond donors (Lipinski definition) is 0. The molecule has 2 rings (SSSR count). The van der Waals surface area contributed by atoms with Crippen molar-refractivity contribution in [1.29, 1.82) is 0 Å². The maximum Gasteiger partial charge on any atom is 0.130 e. The molecule has 0 aliphatic heterocycles. The topological polar surface area (TPSA) is 34.1 Å². The molecule has 106 valence electrons. The van der Waals surface area contributed by atoms with E-state index in [2.05, 4.69) is 6.08 Å². The molecule has 0 aromatic heterocycles. The predicted octanol–water partition coefficient (Wildman–Crippen LogP) is 3.91. The van der Waals surface area contributed by atoms with Crippen molar-refractivity contribution in [3.8, 4) is 0 Å². The lowest BCUT2D eigenvalue weighted by Crippen LogP contribution is -2.39. The maximum absolute atomic E-state index is 11.9. The second kappa shape index (κ2) is 5.35. The van der Waals surface area contributed by atoms with Crippen molar-refractivity contribution in [3.05, 3.63) is 41.5 Å². The van der Waals surface area contributed by atoms with Gasteiger partial charge in [0, 0.05) is 5.92 Å². The molecule has 1 saturated carbocycles. The number of hydrogen-bond acceptors (Lipinski definition) is 2. The Morgan fingerprint density at radius 1 is 1.20 bits per heavy atom. The highest BCUT2D eigenvalue weighted by Crippen LogP contribution is 2.58. The summed E-state index contributed by atoms with van der Waals surface area (Å²) in [7, 11) is 0. The molecule has 2 nitrogen and oxygen atoms in total. The van der Waals surface area contributed by atoms with Crippen molar-refractivity contribution in [1.82, 2.24) is 0 Å². The standard InChI is InChI=1S/C18H22O2/c1-14(11-15-7-5-4-6-8-15)18(13-20)10-9-16(12-19)17(18,2)3/h4-8,11-13,16H,9-10H2,1-3H3. The van der Waals surface area contributed by atoms with Crippen LogP contribution in [0.1, 0.15) is 39.2 Å². The van der Waals surface area contributed by atoms with Gasteiger partial charge in [0.05, 0.1) is 5.41 Å². The molecule has 0 saturated heterocycles. The van der Waals surface area contributed by atoms with Gasteiger partial charge in [0.2, 0.25) is 0 Å². The third kappa shape index (κ3) is 2.13. The number of benzene rings is 1.